The maximum atomic E-state index is 12.9. The molecule has 1 aliphatic rings. The highest BCUT2D eigenvalue weighted by molar-refractivity contribution is 6.04. The summed E-state index contributed by atoms with van der Waals surface area (Å²) in [6.07, 6.45) is -0.375. The maximum absolute atomic E-state index is 12.9. The number of alkyl halides is 3. The van der Waals surface area contributed by atoms with Gasteiger partial charge in [-0.1, -0.05) is 0 Å². The van der Waals surface area contributed by atoms with Gasteiger partial charge in [-0.3, -0.25) is 14.6 Å². The molecule has 2 aromatic heterocycles. The van der Waals surface area contributed by atoms with Crippen molar-refractivity contribution in [2.45, 2.75) is 57.2 Å². The molecule has 1 aliphatic carbocycles. The van der Waals surface area contributed by atoms with Gasteiger partial charge in [0.15, 0.2) is 0 Å². The van der Waals surface area contributed by atoms with Crippen LogP contribution < -0.4 is 5.32 Å². The number of pyridine rings is 1. The number of benzene rings is 1. The fourth-order valence-electron chi connectivity index (χ4n) is 4.56. The van der Waals surface area contributed by atoms with Crippen LogP contribution in [0.25, 0.3) is 5.69 Å². The van der Waals surface area contributed by atoms with Crippen LogP contribution in [0.3, 0.4) is 0 Å². The summed E-state index contributed by atoms with van der Waals surface area (Å²) in [6, 6.07) is 7.80. The Hall–Kier alpha value is -3.73. The van der Waals surface area contributed by atoms with Gasteiger partial charge in [0.1, 0.15) is 5.41 Å². The Morgan fingerprint density at radius 1 is 1.14 bits per heavy atom. The first kappa shape index (κ1) is 26.3. The molecule has 0 unspecified atom stereocenters. The van der Waals surface area contributed by atoms with E-state index in [-0.39, 0.29) is 18.1 Å². The third-order valence-electron chi connectivity index (χ3n) is 6.68. The number of aliphatic hydroxyl groups is 1. The lowest BCUT2D eigenvalue weighted by molar-refractivity contribution is -0.152. The van der Waals surface area contributed by atoms with Crippen molar-refractivity contribution in [1.29, 1.82) is 0 Å². The quantitative estimate of drug-likeness (QED) is 0.465. The molecule has 11 heteroatoms. The Morgan fingerprint density at radius 3 is 2.38 bits per heavy atom. The second-order valence-electron chi connectivity index (χ2n) is 9.02. The molecular formula is C26H27F3N4O4. The van der Waals surface area contributed by atoms with Gasteiger partial charge in [0.25, 0.3) is 5.91 Å². The van der Waals surface area contributed by atoms with Crippen molar-refractivity contribution in [2.24, 2.45) is 0 Å². The predicted octanol–water partition coefficient (Wildman–Crippen LogP) is 4.58. The first-order chi connectivity index (χ1) is 17.5. The van der Waals surface area contributed by atoms with Gasteiger partial charge in [-0.2, -0.15) is 18.3 Å². The molecule has 0 atom stereocenters. The van der Waals surface area contributed by atoms with Crippen LogP contribution in [0.5, 0.6) is 0 Å². The summed E-state index contributed by atoms with van der Waals surface area (Å²) in [5, 5.41) is 16.8. The van der Waals surface area contributed by atoms with E-state index in [1.165, 1.54) is 29.2 Å². The van der Waals surface area contributed by atoms with E-state index in [9.17, 15) is 27.9 Å². The summed E-state index contributed by atoms with van der Waals surface area (Å²) in [5.74, 6) is -0.844. The molecule has 196 valence electrons. The minimum Gasteiger partial charge on any atom is -0.465 e. The van der Waals surface area contributed by atoms with E-state index < -0.39 is 29.2 Å². The second-order valence-corrected chi connectivity index (χ2v) is 9.02. The van der Waals surface area contributed by atoms with Crippen molar-refractivity contribution in [3.63, 3.8) is 0 Å². The fourth-order valence-corrected chi connectivity index (χ4v) is 4.56. The van der Waals surface area contributed by atoms with Gasteiger partial charge in [0.2, 0.25) is 0 Å². The lowest BCUT2D eigenvalue weighted by Crippen LogP contribution is -2.42. The summed E-state index contributed by atoms with van der Waals surface area (Å²) in [6.45, 7) is 3.61. The van der Waals surface area contributed by atoms with Crippen molar-refractivity contribution in [3.05, 3.63) is 71.3 Å². The number of hydrogen-bond acceptors (Lipinski definition) is 6. The number of hydrogen-bond donors (Lipinski definition) is 2. The number of halogens is 3. The summed E-state index contributed by atoms with van der Waals surface area (Å²) in [7, 11) is 0. The molecular weight excluding hydrogens is 489 g/mol. The number of anilines is 1. The fraction of sp³-hybridized carbons (Fsp3) is 0.385. The van der Waals surface area contributed by atoms with Crippen LogP contribution in [-0.2, 0) is 21.1 Å². The van der Waals surface area contributed by atoms with E-state index in [1.807, 2.05) is 0 Å². The normalized spacial score (nSPS) is 19.9. The van der Waals surface area contributed by atoms with Gasteiger partial charge in [-0.25, -0.2) is 4.68 Å². The van der Waals surface area contributed by atoms with Gasteiger partial charge in [0, 0.05) is 0 Å². The lowest BCUT2D eigenvalue weighted by Gasteiger charge is -2.36. The Morgan fingerprint density at radius 2 is 1.81 bits per heavy atom. The van der Waals surface area contributed by atoms with Crippen molar-refractivity contribution in [1.82, 2.24) is 14.8 Å². The monoisotopic (exact) mass is 516 g/mol. The number of aliphatic hydroxyl groups excluding tert-OH is 1. The number of amides is 1. The van der Waals surface area contributed by atoms with Crippen molar-refractivity contribution in [3.8, 4) is 5.69 Å². The molecule has 37 heavy (non-hydrogen) atoms. The van der Waals surface area contributed by atoms with Crippen LogP contribution >= 0.6 is 0 Å². The number of carbonyl (C=O) groups excluding carboxylic acids is 2. The summed E-state index contributed by atoms with van der Waals surface area (Å²) < 4.78 is 45.2. The molecule has 0 aliphatic heterocycles. The van der Waals surface area contributed by atoms with Crippen LogP contribution in [0.15, 0.2) is 48.8 Å². The van der Waals surface area contributed by atoms with Gasteiger partial charge < -0.3 is 15.2 Å². The zero-order chi connectivity index (χ0) is 26.8. The Balaban J connectivity index is 1.50. The SMILES string of the molecule is CCOC(=O)C1(c2ccc(NC(=O)c3cnn(-c4ccc(C(F)(F)F)cc4)c3C)cn2)CCC(O)CC1. The van der Waals surface area contributed by atoms with Crippen LogP contribution in [0.4, 0.5) is 18.9 Å². The summed E-state index contributed by atoms with van der Waals surface area (Å²) in [4.78, 5) is 30.2. The Labute approximate surface area is 211 Å². The number of esters is 1. The predicted molar refractivity (Wildman–Crippen MR) is 128 cm³/mol. The van der Waals surface area contributed by atoms with Crippen LogP contribution in [0.1, 0.15) is 59.9 Å². The van der Waals surface area contributed by atoms with Gasteiger partial charge in [-0.15, -0.1) is 0 Å². The van der Waals surface area contributed by atoms with E-state index in [0.29, 0.717) is 48.4 Å². The van der Waals surface area contributed by atoms with E-state index in [2.05, 4.69) is 15.4 Å². The van der Waals surface area contributed by atoms with Crippen molar-refractivity contribution in [2.75, 3.05) is 11.9 Å². The first-order valence-corrected chi connectivity index (χ1v) is 11.9. The molecule has 0 radical (unpaired) electrons. The molecule has 1 fully saturated rings. The molecule has 3 aromatic rings. The molecule has 0 saturated heterocycles. The van der Waals surface area contributed by atoms with E-state index in [1.54, 1.807) is 26.0 Å². The standard InChI is InChI=1S/C26H27F3N4O4/c1-3-37-24(36)25(12-10-20(34)11-13-25)22-9-6-18(14-30-22)32-23(35)21-15-31-33(16(21)2)19-7-4-17(5-8-19)26(27,28)29/h4-9,14-15,20,34H,3,10-13H2,1-2H3,(H,32,35). The molecule has 2 N–H and O–H groups in total. The highest BCUT2D eigenvalue weighted by atomic mass is 19.4. The number of aromatic nitrogens is 3. The van der Waals surface area contributed by atoms with Crippen LogP contribution in [0.2, 0.25) is 0 Å². The third-order valence-corrected chi connectivity index (χ3v) is 6.68. The number of nitrogens with zero attached hydrogens (tertiary/aromatic N) is 3. The zero-order valence-electron chi connectivity index (χ0n) is 20.4. The Bertz CT molecular complexity index is 1260. The third kappa shape index (κ3) is 5.36. The largest absolute Gasteiger partial charge is 0.465 e. The van der Waals surface area contributed by atoms with E-state index in [0.717, 1.165) is 12.1 Å². The molecule has 1 saturated carbocycles. The van der Waals surface area contributed by atoms with Gasteiger partial charge in [0.05, 0.1) is 59.0 Å². The van der Waals surface area contributed by atoms with Crippen LogP contribution in [-0.4, -0.2) is 44.5 Å². The first-order valence-electron chi connectivity index (χ1n) is 11.9. The van der Waals surface area contributed by atoms with Crippen LogP contribution in [0, 0.1) is 6.92 Å². The van der Waals surface area contributed by atoms with E-state index >= 15 is 0 Å². The lowest BCUT2D eigenvalue weighted by atomic mass is 9.70. The number of carbonyl (C=O) groups is 2. The zero-order valence-corrected chi connectivity index (χ0v) is 20.4. The average molecular weight is 517 g/mol. The minimum atomic E-state index is -4.44. The van der Waals surface area contributed by atoms with Gasteiger partial charge >= 0.3 is 12.1 Å². The molecule has 8 nitrogen and oxygen atoms in total. The average Bonchev–Trinajstić information content (AvgIpc) is 3.26. The molecule has 0 bridgehead atoms. The molecule has 1 aromatic carbocycles. The molecule has 4 rings (SSSR count). The smallest absolute Gasteiger partial charge is 0.416 e. The Kier molecular flexibility index (Phi) is 7.35. The summed E-state index contributed by atoms with van der Waals surface area (Å²) in [5.41, 5.74) is 0.267. The molecule has 1 amide bonds. The van der Waals surface area contributed by atoms with Crippen molar-refractivity contribution < 1.29 is 32.6 Å². The maximum Gasteiger partial charge on any atom is 0.416 e. The summed E-state index contributed by atoms with van der Waals surface area (Å²) >= 11 is 0. The topological polar surface area (TPSA) is 106 Å². The second kappa shape index (κ2) is 10.3. The number of nitrogens with one attached hydrogen (secondary N) is 1. The number of rotatable bonds is 6. The highest BCUT2D eigenvalue weighted by Crippen LogP contribution is 2.40. The minimum absolute atomic E-state index is 0.233. The number of ether oxygens (including phenoxy) is 1. The van der Waals surface area contributed by atoms with Gasteiger partial charge in [-0.05, 0) is 75.9 Å². The van der Waals surface area contributed by atoms with E-state index in [4.69, 9.17) is 4.74 Å². The molecule has 0 spiro atoms. The van der Waals surface area contributed by atoms with Crippen molar-refractivity contribution >= 4 is 17.6 Å². The highest BCUT2D eigenvalue weighted by Gasteiger charge is 2.45. The molecule has 2 heterocycles.